The summed E-state index contributed by atoms with van der Waals surface area (Å²) in [7, 11) is -3.15. The molecule has 0 bridgehead atoms. The molecule has 0 saturated heterocycles. The van der Waals surface area contributed by atoms with Gasteiger partial charge >= 0.3 is 5.97 Å². The number of ether oxygens (including phenoxy) is 1. The summed E-state index contributed by atoms with van der Waals surface area (Å²) in [4.78, 5) is 11.6. The number of nitrogens with one attached hydrogen (secondary N) is 1. The van der Waals surface area contributed by atoms with E-state index in [1.165, 1.54) is 6.07 Å². The maximum atomic E-state index is 13.7. The number of benzene rings is 1. The van der Waals surface area contributed by atoms with E-state index in [9.17, 15) is 17.6 Å². The topological polar surface area (TPSA) is 98.5 Å². The molecule has 0 saturated carbocycles. The lowest BCUT2D eigenvalue weighted by atomic mass is 10.1. The van der Waals surface area contributed by atoms with Gasteiger partial charge in [-0.05, 0) is 19.1 Å². The first-order valence-electron chi connectivity index (χ1n) is 5.92. The number of nitrogens with two attached hydrogens (primary N) is 1. The molecule has 8 heteroatoms. The van der Waals surface area contributed by atoms with Crippen LogP contribution in [0.1, 0.15) is 17.3 Å². The minimum absolute atomic E-state index is 0.00547. The third-order valence-corrected chi connectivity index (χ3v) is 3.37. The summed E-state index contributed by atoms with van der Waals surface area (Å²) in [5.74, 6) is -1.47. The Morgan fingerprint density at radius 2 is 2.10 bits per heavy atom. The van der Waals surface area contributed by atoms with Gasteiger partial charge in [0.15, 0.2) is 0 Å². The Morgan fingerprint density at radius 1 is 1.45 bits per heavy atom. The average Bonchev–Trinajstić information content (AvgIpc) is 2.30. The summed E-state index contributed by atoms with van der Waals surface area (Å²) >= 11 is 0. The molecule has 1 aromatic carbocycles. The van der Waals surface area contributed by atoms with Gasteiger partial charge in [-0.1, -0.05) is 0 Å². The zero-order valence-corrected chi connectivity index (χ0v) is 12.1. The second kappa shape index (κ2) is 6.56. The lowest BCUT2D eigenvalue weighted by Crippen LogP contribution is -2.16. The van der Waals surface area contributed by atoms with E-state index in [1.807, 2.05) is 0 Å². The van der Waals surface area contributed by atoms with E-state index < -0.39 is 21.6 Å². The lowest BCUT2D eigenvalue weighted by molar-refractivity contribution is 0.0527. The number of nitrogen functional groups attached to an aromatic ring is 1. The molecule has 0 fully saturated rings. The smallest absolute Gasteiger partial charge is 0.340 e. The van der Waals surface area contributed by atoms with Crippen LogP contribution in [0, 0.1) is 5.82 Å². The zero-order valence-electron chi connectivity index (χ0n) is 11.3. The van der Waals surface area contributed by atoms with E-state index in [2.05, 4.69) is 5.32 Å². The van der Waals surface area contributed by atoms with Crippen LogP contribution in [0.25, 0.3) is 0 Å². The number of esters is 1. The highest BCUT2D eigenvalue weighted by Crippen LogP contribution is 2.22. The predicted octanol–water partition coefficient (Wildman–Crippen LogP) is 1.04. The number of hydrogen-bond acceptors (Lipinski definition) is 6. The van der Waals surface area contributed by atoms with E-state index in [4.69, 9.17) is 10.5 Å². The molecule has 20 heavy (non-hydrogen) atoms. The first kappa shape index (κ1) is 16.2. The Bertz CT molecular complexity index is 602. The summed E-state index contributed by atoms with van der Waals surface area (Å²) < 4.78 is 40.4. The van der Waals surface area contributed by atoms with Crippen molar-refractivity contribution in [1.29, 1.82) is 0 Å². The van der Waals surface area contributed by atoms with Crippen LogP contribution in [-0.4, -0.2) is 39.5 Å². The fourth-order valence-electron chi connectivity index (χ4n) is 1.48. The molecular weight excluding hydrogens is 287 g/mol. The van der Waals surface area contributed by atoms with E-state index in [0.29, 0.717) is 0 Å². The summed E-state index contributed by atoms with van der Waals surface area (Å²) in [6, 6.07) is 2.21. The largest absolute Gasteiger partial charge is 0.462 e. The van der Waals surface area contributed by atoms with Gasteiger partial charge in [0, 0.05) is 18.5 Å². The van der Waals surface area contributed by atoms with Gasteiger partial charge in [0.05, 0.1) is 23.6 Å². The van der Waals surface area contributed by atoms with Crippen molar-refractivity contribution in [2.75, 3.05) is 36.2 Å². The number of carbonyl (C=O) groups is 1. The standard InChI is InChI=1S/C12H17FN2O4S/c1-3-19-12(16)8-6-11(9(13)7-10(8)14)15-4-5-20(2,17)18/h6-7,15H,3-5,14H2,1-2H3. The zero-order chi connectivity index (χ0) is 15.3. The molecule has 0 heterocycles. The van der Waals surface area contributed by atoms with Crippen molar-refractivity contribution in [3.05, 3.63) is 23.5 Å². The van der Waals surface area contributed by atoms with Crippen LogP contribution in [0.15, 0.2) is 12.1 Å². The van der Waals surface area contributed by atoms with Gasteiger partial charge in [-0.2, -0.15) is 0 Å². The Hall–Kier alpha value is -1.83. The lowest BCUT2D eigenvalue weighted by Gasteiger charge is -2.11. The van der Waals surface area contributed by atoms with Crippen LogP contribution in [0.4, 0.5) is 15.8 Å². The van der Waals surface area contributed by atoms with Crippen LogP contribution in [-0.2, 0) is 14.6 Å². The van der Waals surface area contributed by atoms with Crippen molar-refractivity contribution < 1.29 is 22.3 Å². The number of sulfone groups is 1. The molecule has 0 aromatic heterocycles. The van der Waals surface area contributed by atoms with Gasteiger partial charge in [0.2, 0.25) is 0 Å². The Kier molecular flexibility index (Phi) is 5.32. The third kappa shape index (κ3) is 4.69. The van der Waals surface area contributed by atoms with Crippen LogP contribution in [0.2, 0.25) is 0 Å². The van der Waals surface area contributed by atoms with Crippen LogP contribution in [0.3, 0.4) is 0 Å². The fraction of sp³-hybridized carbons (Fsp3) is 0.417. The van der Waals surface area contributed by atoms with Gasteiger partial charge in [-0.15, -0.1) is 0 Å². The van der Waals surface area contributed by atoms with Gasteiger partial charge in [0.25, 0.3) is 0 Å². The molecule has 0 aliphatic rings. The first-order chi connectivity index (χ1) is 9.24. The highest BCUT2D eigenvalue weighted by Gasteiger charge is 2.15. The summed E-state index contributed by atoms with van der Waals surface area (Å²) in [5, 5.41) is 2.62. The number of anilines is 2. The number of rotatable bonds is 6. The second-order valence-corrected chi connectivity index (χ2v) is 6.46. The minimum atomic E-state index is -3.15. The molecule has 0 aliphatic carbocycles. The number of hydrogen-bond donors (Lipinski definition) is 2. The third-order valence-electron chi connectivity index (χ3n) is 2.42. The average molecular weight is 304 g/mol. The van der Waals surface area contributed by atoms with Gasteiger partial charge < -0.3 is 15.8 Å². The van der Waals surface area contributed by atoms with E-state index in [1.54, 1.807) is 6.92 Å². The maximum Gasteiger partial charge on any atom is 0.340 e. The Balaban J connectivity index is 2.91. The quantitative estimate of drug-likeness (QED) is 0.602. The van der Waals surface area contributed by atoms with Gasteiger partial charge in [-0.25, -0.2) is 17.6 Å². The summed E-state index contributed by atoms with van der Waals surface area (Å²) in [6.45, 7) is 1.84. The van der Waals surface area contributed by atoms with E-state index in [-0.39, 0.29) is 35.8 Å². The van der Waals surface area contributed by atoms with Crippen LogP contribution < -0.4 is 11.1 Å². The Labute approximate surface area is 117 Å². The molecule has 0 spiro atoms. The van der Waals surface area contributed by atoms with Gasteiger partial charge in [0.1, 0.15) is 15.7 Å². The van der Waals surface area contributed by atoms with E-state index >= 15 is 0 Å². The summed E-state index contributed by atoms with van der Waals surface area (Å²) in [5.41, 5.74) is 5.56. The molecule has 6 nitrogen and oxygen atoms in total. The van der Waals surface area contributed by atoms with Crippen molar-refractivity contribution in [3.8, 4) is 0 Å². The molecule has 0 atom stereocenters. The molecule has 0 amide bonds. The molecule has 112 valence electrons. The second-order valence-electron chi connectivity index (χ2n) is 4.20. The fourth-order valence-corrected chi connectivity index (χ4v) is 1.95. The predicted molar refractivity (Wildman–Crippen MR) is 75.0 cm³/mol. The SMILES string of the molecule is CCOC(=O)c1cc(NCCS(C)(=O)=O)c(F)cc1N. The normalized spacial score (nSPS) is 11.2. The van der Waals surface area contributed by atoms with E-state index in [0.717, 1.165) is 12.3 Å². The van der Waals surface area contributed by atoms with Crippen molar-refractivity contribution in [2.24, 2.45) is 0 Å². The van der Waals surface area contributed by atoms with Crippen molar-refractivity contribution >= 4 is 27.2 Å². The van der Waals surface area contributed by atoms with Crippen LogP contribution >= 0.6 is 0 Å². The first-order valence-corrected chi connectivity index (χ1v) is 7.98. The molecule has 3 N–H and O–H groups in total. The minimum Gasteiger partial charge on any atom is -0.462 e. The molecule has 0 unspecified atom stereocenters. The van der Waals surface area contributed by atoms with Crippen molar-refractivity contribution in [3.63, 3.8) is 0 Å². The summed E-state index contributed by atoms with van der Waals surface area (Å²) in [6.07, 6.45) is 1.08. The monoisotopic (exact) mass is 304 g/mol. The molecule has 1 aromatic rings. The van der Waals surface area contributed by atoms with Crippen molar-refractivity contribution in [2.45, 2.75) is 6.92 Å². The van der Waals surface area contributed by atoms with Crippen LogP contribution in [0.5, 0.6) is 0 Å². The maximum absolute atomic E-state index is 13.7. The number of carbonyl (C=O) groups excluding carboxylic acids is 1. The van der Waals surface area contributed by atoms with Gasteiger partial charge in [-0.3, -0.25) is 0 Å². The molecule has 0 aliphatic heterocycles. The Morgan fingerprint density at radius 3 is 2.65 bits per heavy atom. The number of halogens is 1. The molecular formula is C12H17FN2O4S. The highest BCUT2D eigenvalue weighted by molar-refractivity contribution is 7.90. The highest BCUT2D eigenvalue weighted by atomic mass is 32.2. The van der Waals surface area contributed by atoms with Crippen molar-refractivity contribution in [1.82, 2.24) is 0 Å². The molecule has 1 rings (SSSR count). The molecule has 0 radical (unpaired) electrons.